The molecule has 0 radical (unpaired) electrons. The van der Waals surface area contributed by atoms with Crippen LogP contribution in [0.25, 0.3) is 12.2 Å². The Morgan fingerprint density at radius 2 is 0.971 bits per heavy atom. The number of hydrogen-bond acceptors (Lipinski definition) is 2. The van der Waals surface area contributed by atoms with Gasteiger partial charge in [-0.05, 0) is 65.1 Å². The first kappa shape index (κ1) is 24.4. The number of halogens is 2. The van der Waals surface area contributed by atoms with Crippen molar-refractivity contribution in [2.75, 3.05) is 0 Å². The molecule has 0 spiro atoms. The third-order valence-corrected chi connectivity index (χ3v) is 5.81. The van der Waals surface area contributed by atoms with E-state index in [0.717, 1.165) is 40.0 Å². The molecule has 0 aliphatic carbocycles. The predicted octanol–water partition coefficient (Wildman–Crippen LogP) is 9.42. The van der Waals surface area contributed by atoms with E-state index in [-0.39, 0.29) is 0 Å². The highest BCUT2D eigenvalue weighted by atomic mass is 35.5. The number of hydrogen-bond donors (Lipinski definition) is 0. The fourth-order valence-corrected chi connectivity index (χ4v) is 3.95. The second kappa shape index (κ2) is 12.7. The lowest BCUT2D eigenvalue weighted by molar-refractivity contribution is 1.19. The molecule has 172 valence electrons. The summed E-state index contributed by atoms with van der Waals surface area (Å²) in [5.41, 5.74) is 5.90. The van der Waals surface area contributed by atoms with Gasteiger partial charge in [-0.2, -0.15) is 0 Å². The van der Waals surface area contributed by atoms with Crippen molar-refractivity contribution in [2.24, 2.45) is 9.98 Å². The summed E-state index contributed by atoms with van der Waals surface area (Å²) in [6.07, 6.45) is 12.0. The van der Waals surface area contributed by atoms with Crippen LogP contribution in [0.1, 0.15) is 22.3 Å². The molecule has 0 unspecified atom stereocenters. The van der Waals surface area contributed by atoms with Crippen molar-refractivity contribution in [3.63, 3.8) is 0 Å². The molecule has 4 rings (SSSR count). The molecule has 4 aromatic rings. The highest BCUT2D eigenvalue weighted by Crippen LogP contribution is 2.29. The molecule has 0 atom stereocenters. The molecule has 0 aromatic heterocycles. The predicted molar refractivity (Wildman–Crippen MR) is 153 cm³/mol. The lowest BCUT2D eigenvalue weighted by Crippen LogP contribution is -1.88. The number of aliphatic imine (C=N–C) groups is 2. The zero-order valence-electron chi connectivity index (χ0n) is 19.1. The Balaban J connectivity index is 1.36. The summed E-state index contributed by atoms with van der Waals surface area (Å²) in [6.45, 7) is 0. The van der Waals surface area contributed by atoms with Crippen LogP contribution in [0.2, 0.25) is 10.0 Å². The molecular weight excluding hydrogens is 471 g/mol. The van der Waals surface area contributed by atoms with Crippen molar-refractivity contribution in [1.29, 1.82) is 0 Å². The summed E-state index contributed by atoms with van der Waals surface area (Å²) in [5.74, 6) is 0. The van der Waals surface area contributed by atoms with Crippen molar-refractivity contribution >= 4 is 59.2 Å². The quantitative estimate of drug-likeness (QED) is 0.218. The third-order valence-electron chi connectivity index (χ3n) is 5.21. The van der Waals surface area contributed by atoms with Crippen molar-refractivity contribution in [3.05, 3.63) is 142 Å². The zero-order valence-corrected chi connectivity index (χ0v) is 20.6. The van der Waals surface area contributed by atoms with Gasteiger partial charge in [-0.1, -0.05) is 108 Å². The van der Waals surface area contributed by atoms with Gasteiger partial charge in [0, 0.05) is 12.4 Å². The summed E-state index contributed by atoms with van der Waals surface area (Å²) in [7, 11) is 0. The lowest BCUT2D eigenvalue weighted by atomic mass is 10.0. The molecule has 0 bridgehead atoms. The minimum atomic E-state index is 0.615. The molecule has 0 aliphatic heterocycles. The first-order chi connectivity index (χ1) is 17.2. The van der Waals surface area contributed by atoms with E-state index >= 15 is 0 Å². The van der Waals surface area contributed by atoms with E-state index in [1.165, 1.54) is 0 Å². The highest BCUT2D eigenvalue weighted by Gasteiger charge is 2.05. The largest absolute Gasteiger partial charge is 0.255 e. The van der Waals surface area contributed by atoms with Crippen LogP contribution in [-0.2, 0) is 6.42 Å². The first-order valence-electron chi connectivity index (χ1n) is 11.3. The average Bonchev–Trinajstić information content (AvgIpc) is 2.88. The molecule has 4 aromatic carbocycles. The van der Waals surface area contributed by atoms with E-state index in [0.29, 0.717) is 10.0 Å². The average molecular weight is 495 g/mol. The Morgan fingerprint density at radius 1 is 0.543 bits per heavy atom. The van der Waals surface area contributed by atoms with E-state index in [9.17, 15) is 0 Å². The first-order valence-corrected chi connectivity index (χ1v) is 12.0. The molecule has 0 N–H and O–H groups in total. The van der Waals surface area contributed by atoms with Crippen LogP contribution in [0.15, 0.2) is 119 Å². The monoisotopic (exact) mass is 494 g/mol. The van der Waals surface area contributed by atoms with Gasteiger partial charge in [-0.3, -0.25) is 9.98 Å². The minimum Gasteiger partial charge on any atom is -0.255 e. The van der Waals surface area contributed by atoms with E-state index in [1.807, 2.05) is 121 Å². The maximum absolute atomic E-state index is 6.47. The number of benzene rings is 4. The van der Waals surface area contributed by atoms with Crippen molar-refractivity contribution in [1.82, 2.24) is 0 Å². The Bertz CT molecular complexity index is 1270. The Morgan fingerprint density at radius 3 is 1.37 bits per heavy atom. The Hall–Kier alpha value is -3.72. The number of rotatable bonds is 8. The fourth-order valence-electron chi connectivity index (χ4n) is 3.45. The normalized spacial score (nSPS) is 11.9. The second-order valence-electron chi connectivity index (χ2n) is 7.84. The Kier molecular flexibility index (Phi) is 8.83. The van der Waals surface area contributed by atoms with Crippen LogP contribution >= 0.6 is 23.2 Å². The summed E-state index contributed by atoms with van der Waals surface area (Å²) in [6, 6.07) is 32.0. The van der Waals surface area contributed by atoms with Crippen LogP contribution in [-0.4, -0.2) is 12.4 Å². The van der Waals surface area contributed by atoms with Gasteiger partial charge in [-0.15, -0.1) is 0 Å². The van der Waals surface area contributed by atoms with Gasteiger partial charge in [-0.25, -0.2) is 0 Å². The van der Waals surface area contributed by atoms with Crippen LogP contribution in [0, 0.1) is 0 Å². The van der Waals surface area contributed by atoms with Crippen LogP contribution in [0.5, 0.6) is 0 Å². The smallest absolute Gasteiger partial charge is 0.0816 e. The third kappa shape index (κ3) is 7.65. The van der Waals surface area contributed by atoms with Gasteiger partial charge in [0.2, 0.25) is 0 Å². The molecule has 0 amide bonds. The van der Waals surface area contributed by atoms with E-state index < -0.39 is 0 Å². The van der Waals surface area contributed by atoms with Crippen molar-refractivity contribution in [2.45, 2.75) is 6.42 Å². The standard InChI is InChI=1S/C31H24Cl2N2/c32-28-22-26(15-17-30(28)34-19-7-13-24-9-3-1-4-10-24)21-27-16-18-31(29(33)23-27)35-20-8-14-25-11-5-2-6-12-25/h1-20,22-23H,21H2/b13-7-,14-8+,34-19?,35-20?. The summed E-state index contributed by atoms with van der Waals surface area (Å²) in [4.78, 5) is 8.93. The van der Waals surface area contributed by atoms with Gasteiger partial charge in [0.15, 0.2) is 0 Å². The second-order valence-corrected chi connectivity index (χ2v) is 8.66. The van der Waals surface area contributed by atoms with Crippen LogP contribution in [0.3, 0.4) is 0 Å². The maximum atomic E-state index is 6.47. The molecule has 0 saturated heterocycles. The van der Waals surface area contributed by atoms with Crippen LogP contribution < -0.4 is 0 Å². The SMILES string of the molecule is Clc1cc(Cc2ccc(N=C/C=C/c3ccccc3)c(Cl)c2)ccc1N=C/C=C\c1ccccc1. The van der Waals surface area contributed by atoms with Gasteiger partial charge in [0.05, 0.1) is 21.4 Å². The minimum absolute atomic E-state index is 0.615. The van der Waals surface area contributed by atoms with E-state index in [2.05, 4.69) is 9.98 Å². The van der Waals surface area contributed by atoms with Crippen molar-refractivity contribution < 1.29 is 0 Å². The van der Waals surface area contributed by atoms with Gasteiger partial charge >= 0.3 is 0 Å². The lowest BCUT2D eigenvalue weighted by Gasteiger charge is -2.06. The van der Waals surface area contributed by atoms with Gasteiger partial charge < -0.3 is 0 Å². The molecule has 0 saturated carbocycles. The maximum Gasteiger partial charge on any atom is 0.0816 e. The summed E-state index contributed by atoms with van der Waals surface area (Å²) < 4.78 is 0. The fraction of sp³-hybridized carbons (Fsp3) is 0.0323. The topological polar surface area (TPSA) is 24.7 Å². The van der Waals surface area contributed by atoms with E-state index in [1.54, 1.807) is 12.4 Å². The van der Waals surface area contributed by atoms with Gasteiger partial charge in [0.1, 0.15) is 0 Å². The molecule has 2 nitrogen and oxygen atoms in total. The Labute approximate surface area is 216 Å². The molecule has 0 heterocycles. The summed E-state index contributed by atoms with van der Waals surface area (Å²) >= 11 is 12.9. The number of nitrogens with zero attached hydrogens (tertiary/aromatic N) is 2. The highest BCUT2D eigenvalue weighted by molar-refractivity contribution is 6.33. The zero-order chi connectivity index (χ0) is 24.3. The van der Waals surface area contributed by atoms with Gasteiger partial charge in [0.25, 0.3) is 0 Å². The molecule has 0 fully saturated rings. The van der Waals surface area contributed by atoms with Crippen molar-refractivity contribution in [3.8, 4) is 0 Å². The van der Waals surface area contributed by atoms with Crippen LogP contribution in [0.4, 0.5) is 11.4 Å². The number of allylic oxidation sites excluding steroid dienone is 2. The molecule has 4 heteroatoms. The molecular formula is C31H24Cl2N2. The van der Waals surface area contributed by atoms with E-state index in [4.69, 9.17) is 23.2 Å². The molecule has 35 heavy (non-hydrogen) atoms. The molecule has 0 aliphatic rings. The summed E-state index contributed by atoms with van der Waals surface area (Å²) in [5, 5.41) is 1.23.